The van der Waals surface area contributed by atoms with E-state index in [1.807, 2.05) is 24.3 Å². The average Bonchev–Trinajstić information content (AvgIpc) is 2.60. The van der Waals surface area contributed by atoms with Crippen LogP contribution in [0.5, 0.6) is 0 Å². The number of halogens is 1. The summed E-state index contributed by atoms with van der Waals surface area (Å²) in [5, 5.41) is 7.57. The van der Waals surface area contributed by atoms with Crippen molar-refractivity contribution in [2.75, 3.05) is 39.9 Å². The molecular formula is C18H29ClN4O. The molecule has 2 rings (SSSR count). The van der Waals surface area contributed by atoms with Gasteiger partial charge in [0.15, 0.2) is 5.96 Å². The van der Waals surface area contributed by atoms with E-state index >= 15 is 0 Å². The minimum atomic E-state index is 0.475. The highest BCUT2D eigenvalue weighted by Gasteiger charge is 2.23. The zero-order chi connectivity index (χ0) is 17.4. The van der Waals surface area contributed by atoms with Crippen molar-refractivity contribution in [2.24, 2.45) is 10.9 Å². The lowest BCUT2D eigenvalue weighted by atomic mass is 10.0. The molecule has 0 saturated carbocycles. The highest BCUT2D eigenvalue weighted by Crippen LogP contribution is 2.12. The second kappa shape index (κ2) is 9.87. The first-order valence-electron chi connectivity index (χ1n) is 8.61. The summed E-state index contributed by atoms with van der Waals surface area (Å²) in [6.07, 6.45) is 0. The van der Waals surface area contributed by atoms with Crippen LogP contribution in [0.4, 0.5) is 0 Å². The molecule has 24 heavy (non-hydrogen) atoms. The van der Waals surface area contributed by atoms with Crippen LogP contribution < -0.4 is 10.6 Å². The van der Waals surface area contributed by atoms with Crippen LogP contribution in [-0.2, 0) is 11.3 Å². The fourth-order valence-corrected chi connectivity index (χ4v) is 3.03. The molecule has 1 aliphatic heterocycles. The standard InChI is InChI=1S/C18H29ClN4O/c1-14(2)17(23-8-10-24-11-9-23)13-22-18(20-3)21-12-15-4-6-16(19)7-5-15/h4-7,14,17H,8-13H2,1-3H3,(H2,20,21,22). The van der Waals surface area contributed by atoms with Gasteiger partial charge in [0.05, 0.1) is 13.2 Å². The average molecular weight is 353 g/mol. The molecule has 1 aromatic carbocycles. The van der Waals surface area contributed by atoms with Crippen LogP contribution in [-0.4, -0.2) is 56.8 Å². The summed E-state index contributed by atoms with van der Waals surface area (Å²) in [5.74, 6) is 1.40. The van der Waals surface area contributed by atoms with E-state index < -0.39 is 0 Å². The molecule has 1 aliphatic rings. The van der Waals surface area contributed by atoms with E-state index in [2.05, 4.69) is 34.4 Å². The number of rotatable bonds is 6. The van der Waals surface area contributed by atoms with Crippen LogP contribution in [0, 0.1) is 5.92 Å². The van der Waals surface area contributed by atoms with Crippen molar-refractivity contribution in [1.82, 2.24) is 15.5 Å². The van der Waals surface area contributed by atoms with Crippen molar-refractivity contribution in [2.45, 2.75) is 26.4 Å². The van der Waals surface area contributed by atoms with Crippen LogP contribution in [0.1, 0.15) is 19.4 Å². The second-order valence-corrected chi connectivity index (χ2v) is 6.83. The van der Waals surface area contributed by atoms with Gasteiger partial charge in [-0.15, -0.1) is 0 Å². The third-order valence-electron chi connectivity index (χ3n) is 4.36. The van der Waals surface area contributed by atoms with Gasteiger partial charge in [-0.2, -0.15) is 0 Å². The van der Waals surface area contributed by atoms with Gasteiger partial charge in [-0.05, 0) is 23.6 Å². The Morgan fingerprint density at radius 1 is 1.21 bits per heavy atom. The molecule has 1 heterocycles. The van der Waals surface area contributed by atoms with E-state index in [1.165, 1.54) is 5.56 Å². The van der Waals surface area contributed by atoms with Crippen molar-refractivity contribution in [3.8, 4) is 0 Å². The molecule has 2 N–H and O–H groups in total. The maximum absolute atomic E-state index is 5.92. The molecule has 134 valence electrons. The van der Waals surface area contributed by atoms with E-state index in [-0.39, 0.29) is 0 Å². The van der Waals surface area contributed by atoms with E-state index in [1.54, 1.807) is 7.05 Å². The molecule has 0 spiro atoms. The van der Waals surface area contributed by atoms with Gasteiger partial charge in [-0.1, -0.05) is 37.6 Å². The maximum Gasteiger partial charge on any atom is 0.191 e. The number of ether oxygens (including phenoxy) is 1. The Labute approximate surface area is 150 Å². The second-order valence-electron chi connectivity index (χ2n) is 6.39. The van der Waals surface area contributed by atoms with Gasteiger partial charge in [-0.3, -0.25) is 9.89 Å². The zero-order valence-corrected chi connectivity index (χ0v) is 15.6. The highest BCUT2D eigenvalue weighted by molar-refractivity contribution is 6.30. The molecular weight excluding hydrogens is 324 g/mol. The van der Waals surface area contributed by atoms with Crippen molar-refractivity contribution >= 4 is 17.6 Å². The summed E-state index contributed by atoms with van der Waals surface area (Å²) < 4.78 is 5.46. The summed E-state index contributed by atoms with van der Waals surface area (Å²) in [4.78, 5) is 6.83. The normalized spacial score (nSPS) is 17.8. The third-order valence-corrected chi connectivity index (χ3v) is 4.61. The van der Waals surface area contributed by atoms with Gasteiger partial charge < -0.3 is 15.4 Å². The summed E-state index contributed by atoms with van der Waals surface area (Å²) in [7, 11) is 1.80. The molecule has 1 unspecified atom stereocenters. The zero-order valence-electron chi connectivity index (χ0n) is 14.9. The fourth-order valence-electron chi connectivity index (χ4n) is 2.91. The van der Waals surface area contributed by atoms with E-state index in [0.717, 1.165) is 50.4 Å². The van der Waals surface area contributed by atoms with Crippen molar-refractivity contribution in [3.63, 3.8) is 0 Å². The fraction of sp³-hybridized carbons (Fsp3) is 0.611. The maximum atomic E-state index is 5.92. The Morgan fingerprint density at radius 2 is 1.88 bits per heavy atom. The number of aliphatic imine (C=N–C) groups is 1. The first kappa shape index (κ1) is 19.0. The quantitative estimate of drug-likeness (QED) is 0.609. The van der Waals surface area contributed by atoms with Crippen LogP contribution in [0.2, 0.25) is 5.02 Å². The predicted molar refractivity (Wildman–Crippen MR) is 101 cm³/mol. The molecule has 0 aliphatic carbocycles. The largest absolute Gasteiger partial charge is 0.379 e. The number of benzene rings is 1. The van der Waals surface area contributed by atoms with Gasteiger partial charge in [0, 0.05) is 44.3 Å². The molecule has 0 aromatic heterocycles. The lowest BCUT2D eigenvalue weighted by Crippen LogP contribution is -2.52. The van der Waals surface area contributed by atoms with Crippen LogP contribution in [0.3, 0.4) is 0 Å². The first-order valence-corrected chi connectivity index (χ1v) is 8.98. The Kier molecular flexibility index (Phi) is 7.82. The monoisotopic (exact) mass is 352 g/mol. The summed E-state index contributed by atoms with van der Waals surface area (Å²) in [6.45, 7) is 9.79. The first-order chi connectivity index (χ1) is 11.6. The lowest BCUT2D eigenvalue weighted by Gasteiger charge is -2.37. The van der Waals surface area contributed by atoms with Crippen LogP contribution in [0.15, 0.2) is 29.3 Å². The molecule has 6 heteroatoms. The van der Waals surface area contributed by atoms with Gasteiger partial charge in [0.1, 0.15) is 0 Å². The molecule has 0 radical (unpaired) electrons. The number of morpholine rings is 1. The highest BCUT2D eigenvalue weighted by atomic mass is 35.5. The number of nitrogens with zero attached hydrogens (tertiary/aromatic N) is 2. The van der Waals surface area contributed by atoms with Gasteiger partial charge >= 0.3 is 0 Å². The molecule has 5 nitrogen and oxygen atoms in total. The molecule has 1 fully saturated rings. The molecule has 1 aromatic rings. The summed E-state index contributed by atoms with van der Waals surface area (Å²) in [5.41, 5.74) is 1.18. The van der Waals surface area contributed by atoms with Crippen LogP contribution in [0.25, 0.3) is 0 Å². The smallest absolute Gasteiger partial charge is 0.191 e. The number of hydrogen-bond acceptors (Lipinski definition) is 3. The third kappa shape index (κ3) is 5.96. The van der Waals surface area contributed by atoms with Crippen molar-refractivity contribution in [1.29, 1.82) is 0 Å². The molecule has 1 atom stereocenters. The lowest BCUT2D eigenvalue weighted by molar-refractivity contribution is 0.00752. The van der Waals surface area contributed by atoms with E-state index in [4.69, 9.17) is 16.3 Å². The number of nitrogens with one attached hydrogen (secondary N) is 2. The topological polar surface area (TPSA) is 48.9 Å². The minimum absolute atomic E-state index is 0.475. The molecule has 1 saturated heterocycles. The SMILES string of the molecule is CN=C(NCc1ccc(Cl)cc1)NCC(C(C)C)N1CCOCC1. The Balaban J connectivity index is 1.83. The Morgan fingerprint density at radius 3 is 2.46 bits per heavy atom. The summed E-state index contributed by atoms with van der Waals surface area (Å²) >= 11 is 5.92. The van der Waals surface area contributed by atoms with E-state index in [9.17, 15) is 0 Å². The number of hydrogen-bond donors (Lipinski definition) is 2. The Bertz CT molecular complexity index is 512. The molecule has 0 bridgehead atoms. The van der Waals surface area contributed by atoms with Gasteiger partial charge in [0.2, 0.25) is 0 Å². The predicted octanol–water partition coefficient (Wildman–Crippen LogP) is 2.36. The van der Waals surface area contributed by atoms with Crippen LogP contribution >= 0.6 is 11.6 Å². The minimum Gasteiger partial charge on any atom is -0.379 e. The van der Waals surface area contributed by atoms with Gasteiger partial charge in [0.25, 0.3) is 0 Å². The molecule has 0 amide bonds. The van der Waals surface area contributed by atoms with Crippen molar-refractivity contribution in [3.05, 3.63) is 34.9 Å². The number of guanidine groups is 1. The Hall–Kier alpha value is -1.30. The summed E-state index contributed by atoms with van der Waals surface area (Å²) in [6, 6.07) is 8.33. The van der Waals surface area contributed by atoms with Crippen molar-refractivity contribution < 1.29 is 4.74 Å². The van der Waals surface area contributed by atoms with Gasteiger partial charge in [-0.25, -0.2) is 0 Å². The van der Waals surface area contributed by atoms with E-state index in [0.29, 0.717) is 12.0 Å².